The predicted molar refractivity (Wildman–Crippen MR) is 87.1 cm³/mol. The Labute approximate surface area is 131 Å². The standard InChI is InChI=1S/C16H15N3O2S/c20-19(21)16-6-5-11(22-16)9-18-8-7-13-12-3-1-2-4-14(12)17-15(13)10-18/h1-6,17H,7-10H2. The van der Waals surface area contributed by atoms with E-state index in [4.69, 9.17) is 0 Å². The van der Waals surface area contributed by atoms with Gasteiger partial charge in [-0.25, -0.2) is 0 Å². The van der Waals surface area contributed by atoms with Crippen molar-refractivity contribution < 1.29 is 4.92 Å². The third-order valence-electron chi connectivity index (χ3n) is 4.17. The van der Waals surface area contributed by atoms with E-state index in [1.807, 2.05) is 12.1 Å². The molecule has 22 heavy (non-hydrogen) atoms. The van der Waals surface area contributed by atoms with Gasteiger partial charge in [0.1, 0.15) is 0 Å². The number of nitro groups is 1. The van der Waals surface area contributed by atoms with Gasteiger partial charge in [-0.1, -0.05) is 29.5 Å². The first-order valence-corrected chi connectivity index (χ1v) is 8.06. The molecule has 2 aromatic heterocycles. The van der Waals surface area contributed by atoms with Crippen molar-refractivity contribution in [1.29, 1.82) is 0 Å². The van der Waals surface area contributed by atoms with Crippen molar-refractivity contribution in [1.82, 2.24) is 9.88 Å². The van der Waals surface area contributed by atoms with Crippen molar-refractivity contribution in [3.63, 3.8) is 0 Å². The van der Waals surface area contributed by atoms with Gasteiger partial charge < -0.3 is 4.98 Å². The Bertz CT molecular complexity index is 852. The number of rotatable bonds is 3. The van der Waals surface area contributed by atoms with Crippen LogP contribution in [0, 0.1) is 10.1 Å². The Morgan fingerprint density at radius 2 is 2.14 bits per heavy atom. The molecule has 112 valence electrons. The molecule has 1 aliphatic heterocycles. The normalized spacial score (nSPS) is 15.1. The maximum Gasteiger partial charge on any atom is 0.324 e. The lowest BCUT2D eigenvalue weighted by Gasteiger charge is -2.26. The molecule has 3 heterocycles. The maximum absolute atomic E-state index is 10.8. The van der Waals surface area contributed by atoms with Crippen LogP contribution in [-0.2, 0) is 19.5 Å². The minimum absolute atomic E-state index is 0.221. The molecular weight excluding hydrogens is 298 g/mol. The summed E-state index contributed by atoms with van der Waals surface area (Å²) in [6.07, 6.45) is 1.02. The van der Waals surface area contributed by atoms with Crippen LogP contribution in [0.3, 0.4) is 0 Å². The van der Waals surface area contributed by atoms with Gasteiger partial charge in [-0.3, -0.25) is 15.0 Å². The number of hydrogen-bond donors (Lipinski definition) is 1. The molecule has 0 atom stereocenters. The Balaban J connectivity index is 1.55. The highest BCUT2D eigenvalue weighted by Crippen LogP contribution is 2.30. The van der Waals surface area contributed by atoms with Crippen molar-refractivity contribution in [2.45, 2.75) is 19.5 Å². The van der Waals surface area contributed by atoms with Crippen LogP contribution in [0.2, 0.25) is 0 Å². The van der Waals surface area contributed by atoms with E-state index in [1.165, 1.54) is 33.5 Å². The average Bonchev–Trinajstić information content (AvgIpc) is 3.11. The second-order valence-electron chi connectivity index (χ2n) is 5.59. The number of nitrogens with one attached hydrogen (secondary N) is 1. The molecule has 1 aliphatic rings. The van der Waals surface area contributed by atoms with Gasteiger partial charge >= 0.3 is 5.00 Å². The van der Waals surface area contributed by atoms with Crippen molar-refractivity contribution >= 4 is 27.2 Å². The third kappa shape index (κ3) is 2.30. The second-order valence-corrected chi connectivity index (χ2v) is 6.73. The largest absolute Gasteiger partial charge is 0.357 e. The van der Waals surface area contributed by atoms with Gasteiger partial charge in [0.05, 0.1) is 4.92 Å². The van der Waals surface area contributed by atoms with Crippen LogP contribution < -0.4 is 0 Å². The molecule has 0 aliphatic carbocycles. The summed E-state index contributed by atoms with van der Waals surface area (Å²) in [6.45, 7) is 2.63. The van der Waals surface area contributed by atoms with E-state index in [0.29, 0.717) is 0 Å². The molecule has 0 amide bonds. The third-order valence-corrected chi connectivity index (χ3v) is 5.19. The molecule has 3 aromatic rings. The molecule has 0 spiro atoms. The highest BCUT2D eigenvalue weighted by molar-refractivity contribution is 7.15. The van der Waals surface area contributed by atoms with Gasteiger partial charge in [-0.15, -0.1) is 0 Å². The van der Waals surface area contributed by atoms with Crippen LogP contribution in [0.15, 0.2) is 36.4 Å². The lowest BCUT2D eigenvalue weighted by atomic mass is 10.0. The fourth-order valence-electron chi connectivity index (χ4n) is 3.15. The fraction of sp³-hybridized carbons (Fsp3) is 0.250. The van der Waals surface area contributed by atoms with E-state index in [2.05, 4.69) is 28.1 Å². The predicted octanol–water partition coefficient (Wildman–Crippen LogP) is 3.70. The van der Waals surface area contributed by atoms with Crippen molar-refractivity contribution in [2.75, 3.05) is 6.54 Å². The van der Waals surface area contributed by atoms with E-state index in [-0.39, 0.29) is 9.92 Å². The Kier molecular flexibility index (Phi) is 3.20. The summed E-state index contributed by atoms with van der Waals surface area (Å²) < 4.78 is 0. The van der Waals surface area contributed by atoms with Gasteiger partial charge in [0.25, 0.3) is 0 Å². The number of benzene rings is 1. The number of hydrogen-bond acceptors (Lipinski definition) is 4. The van der Waals surface area contributed by atoms with Crippen molar-refractivity contribution in [3.8, 4) is 0 Å². The number of nitrogens with zero attached hydrogens (tertiary/aromatic N) is 2. The highest BCUT2D eigenvalue weighted by atomic mass is 32.1. The molecule has 6 heteroatoms. The minimum Gasteiger partial charge on any atom is -0.357 e. The number of aromatic amines is 1. The summed E-state index contributed by atoms with van der Waals surface area (Å²) in [4.78, 5) is 17.3. The van der Waals surface area contributed by atoms with Crippen LogP contribution in [0.4, 0.5) is 5.00 Å². The van der Waals surface area contributed by atoms with E-state index in [1.54, 1.807) is 6.07 Å². The SMILES string of the molecule is O=[N+]([O-])c1ccc(CN2CCc3c([nH]c4ccccc34)C2)s1. The molecule has 0 saturated carbocycles. The molecular formula is C16H15N3O2S. The Morgan fingerprint density at radius 3 is 2.95 bits per heavy atom. The van der Waals surface area contributed by atoms with Gasteiger partial charge in [-0.05, 0) is 24.1 Å². The summed E-state index contributed by atoms with van der Waals surface area (Å²) in [5.41, 5.74) is 3.89. The molecule has 0 unspecified atom stereocenters. The quantitative estimate of drug-likeness (QED) is 0.592. The van der Waals surface area contributed by atoms with Crippen LogP contribution in [0.25, 0.3) is 10.9 Å². The topological polar surface area (TPSA) is 62.2 Å². The first kappa shape index (κ1) is 13.5. The molecule has 5 nitrogen and oxygen atoms in total. The molecule has 0 radical (unpaired) electrons. The summed E-state index contributed by atoms with van der Waals surface area (Å²) in [6, 6.07) is 11.9. The van der Waals surface area contributed by atoms with Gasteiger partial charge in [-0.2, -0.15) is 0 Å². The molecule has 0 bridgehead atoms. The van der Waals surface area contributed by atoms with E-state index >= 15 is 0 Å². The molecule has 1 aromatic carbocycles. The van der Waals surface area contributed by atoms with E-state index < -0.39 is 0 Å². The Hall–Kier alpha value is -2.18. The number of aromatic nitrogens is 1. The smallest absolute Gasteiger partial charge is 0.324 e. The molecule has 0 fully saturated rings. The van der Waals surface area contributed by atoms with Crippen LogP contribution in [0.5, 0.6) is 0 Å². The summed E-state index contributed by atoms with van der Waals surface area (Å²) in [7, 11) is 0. The number of para-hydroxylation sites is 1. The molecule has 0 saturated heterocycles. The van der Waals surface area contributed by atoms with E-state index in [0.717, 1.165) is 30.9 Å². The fourth-order valence-corrected chi connectivity index (χ4v) is 4.02. The zero-order valence-corrected chi connectivity index (χ0v) is 12.7. The monoisotopic (exact) mass is 313 g/mol. The maximum atomic E-state index is 10.8. The summed E-state index contributed by atoms with van der Waals surface area (Å²) >= 11 is 1.27. The number of fused-ring (bicyclic) bond motifs is 3. The minimum atomic E-state index is -0.319. The summed E-state index contributed by atoms with van der Waals surface area (Å²) in [5.74, 6) is 0. The lowest BCUT2D eigenvalue weighted by Crippen LogP contribution is -2.29. The average molecular weight is 313 g/mol. The number of thiophene rings is 1. The van der Waals surface area contributed by atoms with Gasteiger partial charge in [0, 0.05) is 47.2 Å². The highest BCUT2D eigenvalue weighted by Gasteiger charge is 2.21. The Morgan fingerprint density at radius 1 is 1.27 bits per heavy atom. The van der Waals surface area contributed by atoms with Gasteiger partial charge in [0.15, 0.2) is 0 Å². The zero-order chi connectivity index (χ0) is 15.1. The first-order chi connectivity index (χ1) is 10.7. The van der Waals surface area contributed by atoms with Crippen LogP contribution in [-0.4, -0.2) is 21.4 Å². The first-order valence-electron chi connectivity index (χ1n) is 7.24. The zero-order valence-electron chi connectivity index (χ0n) is 11.9. The van der Waals surface area contributed by atoms with E-state index in [9.17, 15) is 10.1 Å². The van der Waals surface area contributed by atoms with Crippen molar-refractivity contribution in [2.24, 2.45) is 0 Å². The van der Waals surface area contributed by atoms with Crippen molar-refractivity contribution in [3.05, 3.63) is 62.6 Å². The van der Waals surface area contributed by atoms with Gasteiger partial charge in [0.2, 0.25) is 0 Å². The van der Waals surface area contributed by atoms with Crippen LogP contribution >= 0.6 is 11.3 Å². The molecule has 4 rings (SSSR count). The summed E-state index contributed by atoms with van der Waals surface area (Å²) in [5, 5.41) is 12.3. The second kappa shape index (κ2) is 5.23. The van der Waals surface area contributed by atoms with Crippen LogP contribution in [0.1, 0.15) is 16.1 Å². The number of H-pyrrole nitrogens is 1. The lowest BCUT2D eigenvalue weighted by molar-refractivity contribution is -0.380. The molecule has 1 N–H and O–H groups in total.